The van der Waals surface area contributed by atoms with Gasteiger partial charge in [-0.1, -0.05) is 24.3 Å². The number of nitrogens with one attached hydrogen (secondary N) is 2. The van der Waals surface area contributed by atoms with Crippen LogP contribution >= 0.6 is 11.9 Å². The van der Waals surface area contributed by atoms with E-state index < -0.39 is 5.82 Å². The van der Waals surface area contributed by atoms with E-state index in [9.17, 15) is 9.50 Å². The molecule has 27 heavy (non-hydrogen) atoms. The van der Waals surface area contributed by atoms with Crippen molar-refractivity contribution < 1.29 is 9.50 Å². The molecule has 0 atom stereocenters. The van der Waals surface area contributed by atoms with Gasteiger partial charge in [0.2, 0.25) is 0 Å². The Balaban J connectivity index is 1.68. The van der Waals surface area contributed by atoms with E-state index in [4.69, 9.17) is 0 Å². The standard InChI is InChI=1S/C20H17FN4OS/c1-22-27-14-7-8-16(23-11-14)12-3-2-4-13(6-5-12)20-15(21)9-17-18(25-20)10-19(26)24-17/h2,4-11,22,24,26H,3H2,1H3. The van der Waals surface area contributed by atoms with Gasteiger partial charge < -0.3 is 10.1 Å². The number of rotatable bonds is 4. The van der Waals surface area contributed by atoms with E-state index in [0.29, 0.717) is 23.0 Å². The minimum absolute atomic E-state index is 0.0347. The number of hydrogen-bond acceptors (Lipinski definition) is 5. The normalized spacial score (nSPS) is 14.1. The van der Waals surface area contributed by atoms with Crippen molar-refractivity contribution in [3.63, 3.8) is 0 Å². The topological polar surface area (TPSA) is 73.8 Å². The fourth-order valence-electron chi connectivity index (χ4n) is 2.94. The SMILES string of the molecule is CNSc1ccc(C2=CC=C(c3nc4cc(O)[nH]c4cc3F)C=CC2)nc1. The second kappa shape index (κ2) is 7.38. The summed E-state index contributed by atoms with van der Waals surface area (Å²) in [5, 5.41) is 9.54. The first kappa shape index (κ1) is 17.5. The number of nitrogens with zero attached hydrogens (tertiary/aromatic N) is 2. The average Bonchev–Trinajstić information content (AvgIpc) is 2.86. The van der Waals surface area contributed by atoms with Crippen molar-refractivity contribution in [3.8, 4) is 5.88 Å². The quantitative estimate of drug-likeness (QED) is 0.583. The number of halogens is 1. The molecule has 0 fully saturated rings. The van der Waals surface area contributed by atoms with Gasteiger partial charge in [0.1, 0.15) is 5.69 Å². The molecule has 0 saturated heterocycles. The highest BCUT2D eigenvalue weighted by molar-refractivity contribution is 7.97. The van der Waals surface area contributed by atoms with Crippen LogP contribution in [0.1, 0.15) is 17.8 Å². The Morgan fingerprint density at radius 2 is 2.15 bits per heavy atom. The molecular weight excluding hydrogens is 363 g/mol. The summed E-state index contributed by atoms with van der Waals surface area (Å²) in [4.78, 5) is 12.6. The molecule has 1 aliphatic carbocycles. The molecule has 5 nitrogen and oxygen atoms in total. The number of aromatic hydroxyl groups is 1. The molecule has 0 amide bonds. The first-order valence-electron chi connectivity index (χ1n) is 8.40. The van der Waals surface area contributed by atoms with Crippen LogP contribution in [-0.2, 0) is 0 Å². The van der Waals surface area contributed by atoms with Gasteiger partial charge in [0.25, 0.3) is 0 Å². The van der Waals surface area contributed by atoms with Crippen LogP contribution in [0, 0.1) is 5.82 Å². The number of H-pyrrole nitrogens is 1. The lowest BCUT2D eigenvalue weighted by molar-refractivity contribution is 0.458. The maximum Gasteiger partial charge on any atom is 0.190 e. The summed E-state index contributed by atoms with van der Waals surface area (Å²) in [7, 11) is 1.86. The number of aromatic amines is 1. The molecule has 3 aromatic rings. The zero-order valence-corrected chi connectivity index (χ0v) is 15.3. The maximum atomic E-state index is 14.5. The van der Waals surface area contributed by atoms with Crippen molar-refractivity contribution in [2.75, 3.05) is 7.05 Å². The summed E-state index contributed by atoms with van der Waals surface area (Å²) in [5.74, 6) is -0.476. The van der Waals surface area contributed by atoms with Crippen molar-refractivity contribution in [1.82, 2.24) is 19.7 Å². The van der Waals surface area contributed by atoms with Crippen LogP contribution in [0.2, 0.25) is 0 Å². The number of pyridine rings is 2. The summed E-state index contributed by atoms with van der Waals surface area (Å²) in [6.45, 7) is 0. The summed E-state index contributed by atoms with van der Waals surface area (Å²) in [5.41, 5.74) is 3.84. The molecule has 136 valence electrons. The minimum atomic E-state index is -0.441. The molecule has 7 heteroatoms. The minimum Gasteiger partial charge on any atom is -0.495 e. The molecule has 4 rings (SSSR count). The zero-order chi connectivity index (χ0) is 18.8. The molecular formula is C20H17FN4OS. The summed E-state index contributed by atoms with van der Waals surface area (Å²) in [6, 6.07) is 6.82. The van der Waals surface area contributed by atoms with Crippen LogP contribution in [-0.4, -0.2) is 27.1 Å². The zero-order valence-electron chi connectivity index (χ0n) is 14.5. The Hall–Kier alpha value is -2.90. The highest BCUT2D eigenvalue weighted by Crippen LogP contribution is 2.28. The van der Waals surface area contributed by atoms with E-state index in [2.05, 4.69) is 19.7 Å². The Morgan fingerprint density at radius 3 is 2.93 bits per heavy atom. The molecule has 3 N–H and O–H groups in total. The number of aromatic nitrogens is 3. The largest absolute Gasteiger partial charge is 0.495 e. The fourth-order valence-corrected chi connectivity index (χ4v) is 3.42. The summed E-state index contributed by atoms with van der Waals surface area (Å²) < 4.78 is 17.5. The van der Waals surface area contributed by atoms with E-state index in [1.54, 1.807) is 0 Å². The predicted molar refractivity (Wildman–Crippen MR) is 107 cm³/mol. The fraction of sp³-hybridized carbons (Fsp3) is 0.100. The van der Waals surface area contributed by atoms with Crippen LogP contribution in [0.5, 0.6) is 5.88 Å². The Kier molecular flexibility index (Phi) is 4.79. The molecule has 0 bridgehead atoms. The Labute approximate surface area is 159 Å². The molecule has 1 aliphatic rings. The molecule has 0 aromatic carbocycles. The first-order chi connectivity index (χ1) is 13.1. The Bertz CT molecular complexity index is 1080. The van der Waals surface area contributed by atoms with Crippen molar-refractivity contribution in [3.05, 3.63) is 72.0 Å². The van der Waals surface area contributed by atoms with Crippen molar-refractivity contribution in [2.45, 2.75) is 11.3 Å². The first-order valence-corrected chi connectivity index (χ1v) is 9.21. The number of hydrogen-bond donors (Lipinski definition) is 3. The second-order valence-corrected chi connectivity index (χ2v) is 7.10. The van der Waals surface area contributed by atoms with Crippen LogP contribution in [0.4, 0.5) is 4.39 Å². The molecule has 0 saturated carbocycles. The van der Waals surface area contributed by atoms with Gasteiger partial charge in [-0.25, -0.2) is 9.37 Å². The smallest absolute Gasteiger partial charge is 0.190 e. The van der Waals surface area contributed by atoms with E-state index in [-0.39, 0.29) is 11.6 Å². The third kappa shape index (κ3) is 3.65. The van der Waals surface area contributed by atoms with Crippen molar-refractivity contribution in [2.24, 2.45) is 0 Å². The summed E-state index contributed by atoms with van der Waals surface area (Å²) in [6.07, 6.45) is 10.1. The van der Waals surface area contributed by atoms with Crippen molar-refractivity contribution >= 4 is 34.1 Å². The monoisotopic (exact) mass is 380 g/mol. The van der Waals surface area contributed by atoms with E-state index in [0.717, 1.165) is 16.2 Å². The predicted octanol–water partition coefficient (Wildman–Crippen LogP) is 4.46. The van der Waals surface area contributed by atoms with Crippen LogP contribution < -0.4 is 4.72 Å². The van der Waals surface area contributed by atoms with Gasteiger partial charge in [-0.05, 0) is 43.1 Å². The van der Waals surface area contributed by atoms with E-state index >= 15 is 0 Å². The van der Waals surface area contributed by atoms with Gasteiger partial charge in [0, 0.05) is 28.8 Å². The highest BCUT2D eigenvalue weighted by Gasteiger charge is 2.13. The second-order valence-electron chi connectivity index (χ2n) is 6.01. The van der Waals surface area contributed by atoms with Gasteiger partial charge in [0.05, 0.1) is 16.7 Å². The summed E-state index contributed by atoms with van der Waals surface area (Å²) >= 11 is 1.51. The highest BCUT2D eigenvalue weighted by atomic mass is 32.2. The van der Waals surface area contributed by atoms with E-state index in [1.807, 2.05) is 49.7 Å². The third-order valence-corrected chi connectivity index (χ3v) is 4.88. The lowest BCUT2D eigenvalue weighted by Crippen LogP contribution is -1.93. The van der Waals surface area contributed by atoms with Gasteiger partial charge in [0.15, 0.2) is 11.7 Å². The molecule has 0 aliphatic heterocycles. The lowest BCUT2D eigenvalue weighted by Gasteiger charge is -2.04. The van der Waals surface area contributed by atoms with E-state index in [1.165, 1.54) is 24.1 Å². The van der Waals surface area contributed by atoms with Gasteiger partial charge in [-0.2, -0.15) is 0 Å². The van der Waals surface area contributed by atoms with Gasteiger partial charge in [-0.15, -0.1) is 0 Å². The maximum absolute atomic E-state index is 14.5. The average molecular weight is 380 g/mol. The van der Waals surface area contributed by atoms with Gasteiger partial charge >= 0.3 is 0 Å². The number of fused-ring (bicyclic) bond motifs is 1. The lowest BCUT2D eigenvalue weighted by atomic mass is 10.1. The van der Waals surface area contributed by atoms with Crippen LogP contribution in [0.15, 0.2) is 59.7 Å². The number of allylic oxidation sites excluding steroid dienone is 6. The molecule has 0 radical (unpaired) electrons. The van der Waals surface area contributed by atoms with Crippen LogP contribution in [0.3, 0.4) is 0 Å². The molecule has 0 unspecified atom stereocenters. The molecule has 3 aromatic heterocycles. The van der Waals surface area contributed by atoms with Gasteiger partial charge in [-0.3, -0.25) is 9.71 Å². The molecule has 0 spiro atoms. The Morgan fingerprint density at radius 1 is 1.26 bits per heavy atom. The molecule has 3 heterocycles. The van der Waals surface area contributed by atoms with Crippen LogP contribution in [0.25, 0.3) is 22.2 Å². The third-order valence-electron chi connectivity index (χ3n) is 4.20. The van der Waals surface area contributed by atoms with Crippen molar-refractivity contribution in [1.29, 1.82) is 0 Å².